The number of rotatable bonds is 3. The summed E-state index contributed by atoms with van der Waals surface area (Å²) in [6, 6.07) is 7.79. The third-order valence-electron chi connectivity index (χ3n) is 1.18. The van der Waals surface area contributed by atoms with Gasteiger partial charge in [-0.2, -0.15) is 0 Å². The van der Waals surface area contributed by atoms with Crippen molar-refractivity contribution >= 4 is 23.4 Å². The van der Waals surface area contributed by atoms with E-state index < -0.39 is 0 Å². The van der Waals surface area contributed by atoms with Gasteiger partial charge in [-0.05, 0) is 18.2 Å². The van der Waals surface area contributed by atoms with Gasteiger partial charge in [-0.1, -0.05) is 17.7 Å². The van der Waals surface area contributed by atoms with Crippen molar-refractivity contribution in [3.63, 3.8) is 0 Å². The highest BCUT2D eigenvalue weighted by atomic mass is 35.5. The Bertz CT molecular complexity index is 227. The maximum atomic E-state index is 5.78. The van der Waals surface area contributed by atoms with E-state index in [0.29, 0.717) is 6.54 Å². The zero-order valence-corrected chi connectivity index (χ0v) is 7.66. The van der Waals surface area contributed by atoms with Crippen molar-refractivity contribution < 1.29 is 0 Å². The molecule has 0 saturated heterocycles. The van der Waals surface area contributed by atoms with Gasteiger partial charge in [0.1, 0.15) is 0 Å². The molecule has 0 aromatic heterocycles. The number of hydrogen-bond acceptors (Lipinski definition) is 2. The minimum atomic E-state index is 0.706. The highest BCUT2D eigenvalue weighted by Crippen LogP contribution is 2.20. The first kappa shape index (κ1) is 8.91. The van der Waals surface area contributed by atoms with Gasteiger partial charge in [0.2, 0.25) is 0 Å². The van der Waals surface area contributed by atoms with Crippen molar-refractivity contribution in [1.29, 1.82) is 0 Å². The number of hydrogen-bond donors (Lipinski definition) is 1. The summed E-state index contributed by atoms with van der Waals surface area (Å²) >= 11 is 7.50. The summed E-state index contributed by atoms with van der Waals surface area (Å²) in [5.74, 6) is 0.945. The predicted octanol–water partition coefficient (Wildman–Crippen LogP) is 2.39. The average molecular weight is 188 g/mol. The Hall–Kier alpha value is -0.180. The van der Waals surface area contributed by atoms with E-state index in [1.54, 1.807) is 11.8 Å². The molecule has 2 N–H and O–H groups in total. The fourth-order valence-electron chi connectivity index (χ4n) is 0.734. The molecule has 0 aliphatic heterocycles. The Morgan fingerprint density at radius 3 is 2.91 bits per heavy atom. The van der Waals surface area contributed by atoms with Crippen LogP contribution < -0.4 is 5.73 Å². The van der Waals surface area contributed by atoms with Crippen LogP contribution in [0.1, 0.15) is 0 Å². The molecule has 0 aliphatic rings. The first-order chi connectivity index (χ1) is 5.33. The number of benzene rings is 1. The lowest BCUT2D eigenvalue weighted by Gasteiger charge is -1.98. The molecule has 1 aromatic carbocycles. The molecule has 0 atom stereocenters. The molecule has 11 heavy (non-hydrogen) atoms. The Labute approximate surface area is 75.9 Å². The van der Waals surface area contributed by atoms with Gasteiger partial charge in [0.15, 0.2) is 0 Å². The molecule has 3 heteroatoms. The molecular formula is C8H10ClNS. The summed E-state index contributed by atoms with van der Waals surface area (Å²) in [5.41, 5.74) is 5.36. The van der Waals surface area contributed by atoms with Crippen LogP contribution in [0.5, 0.6) is 0 Å². The highest BCUT2D eigenvalue weighted by molar-refractivity contribution is 7.99. The van der Waals surface area contributed by atoms with Crippen molar-refractivity contribution in [1.82, 2.24) is 0 Å². The van der Waals surface area contributed by atoms with E-state index in [0.717, 1.165) is 10.8 Å². The summed E-state index contributed by atoms with van der Waals surface area (Å²) in [6.45, 7) is 0.706. The molecule has 0 unspecified atom stereocenters. The van der Waals surface area contributed by atoms with E-state index in [1.807, 2.05) is 24.3 Å². The minimum Gasteiger partial charge on any atom is -0.330 e. The molecule has 0 saturated carbocycles. The third-order valence-corrected chi connectivity index (χ3v) is 2.44. The van der Waals surface area contributed by atoms with Crippen LogP contribution in [0.2, 0.25) is 5.02 Å². The number of nitrogens with two attached hydrogens (primary N) is 1. The molecule has 0 heterocycles. The molecule has 0 aliphatic carbocycles. The maximum absolute atomic E-state index is 5.78. The maximum Gasteiger partial charge on any atom is 0.0417 e. The van der Waals surface area contributed by atoms with Gasteiger partial charge in [0, 0.05) is 22.2 Å². The zero-order valence-electron chi connectivity index (χ0n) is 6.09. The molecule has 0 spiro atoms. The first-order valence-corrected chi connectivity index (χ1v) is 4.77. The fraction of sp³-hybridized carbons (Fsp3) is 0.250. The first-order valence-electron chi connectivity index (χ1n) is 3.41. The summed E-state index contributed by atoms with van der Waals surface area (Å²) in [7, 11) is 0. The average Bonchev–Trinajstić information content (AvgIpc) is 2.01. The summed E-state index contributed by atoms with van der Waals surface area (Å²) in [6.07, 6.45) is 0. The minimum absolute atomic E-state index is 0.706. The third kappa shape index (κ3) is 3.14. The monoisotopic (exact) mass is 187 g/mol. The van der Waals surface area contributed by atoms with E-state index in [1.165, 1.54) is 4.90 Å². The molecule has 0 fully saturated rings. The zero-order chi connectivity index (χ0) is 8.10. The van der Waals surface area contributed by atoms with Crippen molar-refractivity contribution in [2.45, 2.75) is 4.90 Å². The van der Waals surface area contributed by atoms with Crippen LogP contribution in [-0.4, -0.2) is 12.3 Å². The van der Waals surface area contributed by atoms with E-state index in [-0.39, 0.29) is 0 Å². The van der Waals surface area contributed by atoms with Gasteiger partial charge >= 0.3 is 0 Å². The van der Waals surface area contributed by atoms with Crippen LogP contribution in [0, 0.1) is 0 Å². The standard InChI is InChI=1S/C8H10ClNS/c9-7-2-1-3-8(6-7)11-5-4-10/h1-3,6H,4-5,10H2. The van der Waals surface area contributed by atoms with Crippen molar-refractivity contribution in [2.75, 3.05) is 12.3 Å². The molecule has 1 nitrogen and oxygen atoms in total. The fourth-order valence-corrected chi connectivity index (χ4v) is 1.73. The van der Waals surface area contributed by atoms with Crippen LogP contribution in [-0.2, 0) is 0 Å². The van der Waals surface area contributed by atoms with Crippen molar-refractivity contribution in [3.05, 3.63) is 29.3 Å². The molecular weight excluding hydrogens is 178 g/mol. The van der Waals surface area contributed by atoms with Crippen LogP contribution in [0.15, 0.2) is 29.2 Å². The van der Waals surface area contributed by atoms with Gasteiger partial charge in [-0.3, -0.25) is 0 Å². The SMILES string of the molecule is NCCSc1cccc(Cl)c1. The highest BCUT2D eigenvalue weighted by Gasteiger charge is 1.92. The summed E-state index contributed by atoms with van der Waals surface area (Å²) in [5, 5.41) is 0.784. The largest absolute Gasteiger partial charge is 0.330 e. The van der Waals surface area contributed by atoms with Crippen LogP contribution in [0.4, 0.5) is 0 Å². The Balaban J connectivity index is 2.56. The van der Waals surface area contributed by atoms with E-state index in [9.17, 15) is 0 Å². The van der Waals surface area contributed by atoms with Gasteiger partial charge in [0.05, 0.1) is 0 Å². The van der Waals surface area contributed by atoms with Crippen LogP contribution in [0.25, 0.3) is 0 Å². The van der Waals surface area contributed by atoms with E-state index in [2.05, 4.69) is 0 Å². The molecule has 0 bridgehead atoms. The predicted molar refractivity (Wildman–Crippen MR) is 51.2 cm³/mol. The van der Waals surface area contributed by atoms with Gasteiger partial charge in [0.25, 0.3) is 0 Å². The second-order valence-electron chi connectivity index (χ2n) is 2.09. The van der Waals surface area contributed by atoms with Gasteiger partial charge in [-0.25, -0.2) is 0 Å². The summed E-state index contributed by atoms with van der Waals surface area (Å²) < 4.78 is 0. The molecule has 60 valence electrons. The van der Waals surface area contributed by atoms with Crippen molar-refractivity contribution in [3.8, 4) is 0 Å². The summed E-state index contributed by atoms with van der Waals surface area (Å²) in [4.78, 5) is 1.18. The van der Waals surface area contributed by atoms with Crippen molar-refractivity contribution in [2.24, 2.45) is 5.73 Å². The number of halogens is 1. The molecule has 1 rings (SSSR count). The molecule has 0 amide bonds. The van der Waals surface area contributed by atoms with Gasteiger partial charge < -0.3 is 5.73 Å². The smallest absolute Gasteiger partial charge is 0.0417 e. The molecule has 0 radical (unpaired) electrons. The normalized spacial score (nSPS) is 10.0. The van der Waals surface area contributed by atoms with Crippen LogP contribution in [0.3, 0.4) is 0 Å². The Kier molecular flexibility index (Phi) is 3.77. The van der Waals surface area contributed by atoms with Gasteiger partial charge in [-0.15, -0.1) is 11.8 Å². The Morgan fingerprint density at radius 2 is 2.27 bits per heavy atom. The lowest BCUT2D eigenvalue weighted by molar-refractivity contribution is 1.15. The van der Waals surface area contributed by atoms with E-state index >= 15 is 0 Å². The Morgan fingerprint density at radius 1 is 1.45 bits per heavy atom. The van der Waals surface area contributed by atoms with Crippen LogP contribution >= 0.6 is 23.4 Å². The second-order valence-corrected chi connectivity index (χ2v) is 3.70. The quantitative estimate of drug-likeness (QED) is 0.736. The lowest BCUT2D eigenvalue weighted by Crippen LogP contribution is -2.00. The second kappa shape index (κ2) is 4.65. The lowest BCUT2D eigenvalue weighted by atomic mass is 10.4. The van der Waals surface area contributed by atoms with E-state index in [4.69, 9.17) is 17.3 Å². The topological polar surface area (TPSA) is 26.0 Å². The number of thioether (sulfide) groups is 1. The molecule has 1 aromatic rings.